The molecular formula is C22H28N4O6. The number of carbonyl (C=O) groups excluding carboxylic acids is 1. The Hall–Kier alpha value is -3.27. The predicted molar refractivity (Wildman–Crippen MR) is 116 cm³/mol. The standard InChI is InChI=1S/C21H26N4O4.CH2O2/c1-13-8-14(2)24(21(29)22-13)7-6-19(27)23-10-15-9-16(11-23)18(12-26)25-17(15)4-3-5-20(25)28;2-1-3/h3-5,8,15-16,18,26H,6-7,9-12H2,1-2H3;1H,(H,2,3)/t15-,16+,18+;/m1./s1. The summed E-state index contributed by atoms with van der Waals surface area (Å²) < 4.78 is 3.24. The van der Waals surface area contributed by atoms with E-state index in [0.717, 1.165) is 17.8 Å². The normalized spacial score (nSPS) is 21.2. The predicted octanol–water partition coefficient (Wildman–Crippen LogP) is 0.292. The molecule has 0 spiro atoms. The largest absolute Gasteiger partial charge is 0.483 e. The number of rotatable bonds is 4. The summed E-state index contributed by atoms with van der Waals surface area (Å²) in [6.45, 7) is 4.60. The van der Waals surface area contributed by atoms with E-state index in [1.165, 1.54) is 10.6 Å². The van der Waals surface area contributed by atoms with E-state index in [9.17, 15) is 19.5 Å². The van der Waals surface area contributed by atoms with Crippen LogP contribution in [0.2, 0.25) is 0 Å². The Kier molecular flexibility index (Phi) is 7.24. The molecule has 2 N–H and O–H groups in total. The topological polar surface area (TPSA) is 135 Å². The summed E-state index contributed by atoms with van der Waals surface area (Å²) in [5.41, 5.74) is 1.92. The maximum Gasteiger partial charge on any atom is 0.347 e. The van der Waals surface area contributed by atoms with E-state index in [0.29, 0.717) is 25.3 Å². The summed E-state index contributed by atoms with van der Waals surface area (Å²) in [4.78, 5) is 51.5. The minimum absolute atomic E-state index is 0.0185. The first-order valence-corrected chi connectivity index (χ1v) is 10.5. The lowest BCUT2D eigenvalue weighted by Gasteiger charge is -2.46. The highest BCUT2D eigenvalue weighted by molar-refractivity contribution is 5.76. The molecule has 2 bridgehead atoms. The Labute approximate surface area is 184 Å². The number of carbonyl (C=O) groups is 2. The zero-order valence-corrected chi connectivity index (χ0v) is 18.2. The van der Waals surface area contributed by atoms with Crippen LogP contribution < -0.4 is 11.2 Å². The molecule has 1 saturated heterocycles. The maximum atomic E-state index is 12.9. The average molecular weight is 444 g/mol. The molecule has 2 aliphatic rings. The number of amides is 1. The van der Waals surface area contributed by atoms with Crippen LogP contribution in [0.25, 0.3) is 0 Å². The van der Waals surface area contributed by atoms with E-state index in [4.69, 9.17) is 9.90 Å². The first-order chi connectivity index (χ1) is 15.3. The molecule has 1 amide bonds. The molecule has 0 aliphatic carbocycles. The van der Waals surface area contributed by atoms with Crippen molar-refractivity contribution in [2.45, 2.75) is 45.2 Å². The lowest BCUT2D eigenvalue weighted by Crippen LogP contribution is -2.52. The number of aliphatic hydroxyl groups is 1. The van der Waals surface area contributed by atoms with Crippen LogP contribution in [-0.4, -0.2) is 61.3 Å². The minimum Gasteiger partial charge on any atom is -0.483 e. The van der Waals surface area contributed by atoms with Crippen molar-refractivity contribution in [3.05, 3.63) is 62.2 Å². The van der Waals surface area contributed by atoms with Gasteiger partial charge in [0.15, 0.2) is 0 Å². The molecule has 4 heterocycles. The lowest BCUT2D eigenvalue weighted by molar-refractivity contribution is -0.134. The third-order valence-corrected chi connectivity index (χ3v) is 6.23. The highest BCUT2D eigenvalue weighted by atomic mass is 16.3. The SMILES string of the molecule is Cc1cc(C)n(CCC(=O)N2C[C@H]3C[C@@H](C2)[C@H](CO)n2c3cccc2=O)c(=O)n1.O=CO. The Morgan fingerprint density at radius 3 is 2.62 bits per heavy atom. The third kappa shape index (κ3) is 4.64. The van der Waals surface area contributed by atoms with Crippen LogP contribution >= 0.6 is 0 Å². The molecule has 2 aliphatic heterocycles. The fraction of sp³-hybridized carbons (Fsp3) is 0.500. The molecule has 2 aromatic rings. The molecule has 1 fully saturated rings. The number of nitrogens with zero attached hydrogens (tertiary/aromatic N) is 4. The van der Waals surface area contributed by atoms with E-state index in [1.807, 2.05) is 24.0 Å². The summed E-state index contributed by atoms with van der Waals surface area (Å²) in [7, 11) is 0. The van der Waals surface area contributed by atoms with E-state index < -0.39 is 0 Å². The molecule has 0 unspecified atom stereocenters. The van der Waals surface area contributed by atoms with Gasteiger partial charge in [0, 0.05) is 61.0 Å². The van der Waals surface area contributed by atoms with Crippen LogP contribution in [0.5, 0.6) is 0 Å². The van der Waals surface area contributed by atoms with E-state index in [2.05, 4.69) is 4.98 Å². The van der Waals surface area contributed by atoms with Gasteiger partial charge in [-0.05, 0) is 32.4 Å². The molecule has 4 rings (SSSR count). The Morgan fingerprint density at radius 2 is 1.97 bits per heavy atom. The first kappa shape index (κ1) is 23.4. The molecule has 0 radical (unpaired) electrons. The molecule has 10 heteroatoms. The van der Waals surface area contributed by atoms with Gasteiger partial charge < -0.3 is 19.7 Å². The second-order valence-corrected chi connectivity index (χ2v) is 8.23. The van der Waals surface area contributed by atoms with Gasteiger partial charge in [-0.1, -0.05) is 6.07 Å². The smallest absolute Gasteiger partial charge is 0.347 e. The number of carboxylic acid groups (broad SMARTS) is 1. The number of hydrogen-bond donors (Lipinski definition) is 2. The number of likely N-dealkylation sites (tertiary alicyclic amines) is 1. The maximum absolute atomic E-state index is 12.9. The fourth-order valence-corrected chi connectivity index (χ4v) is 4.89. The molecule has 172 valence electrons. The van der Waals surface area contributed by atoms with Gasteiger partial charge in [-0.25, -0.2) is 4.79 Å². The van der Waals surface area contributed by atoms with Crippen molar-refractivity contribution < 1.29 is 19.8 Å². The molecule has 2 aromatic heterocycles. The molecule has 3 atom stereocenters. The van der Waals surface area contributed by atoms with Crippen LogP contribution in [0.1, 0.15) is 41.9 Å². The van der Waals surface area contributed by atoms with Crippen LogP contribution in [-0.2, 0) is 16.1 Å². The van der Waals surface area contributed by atoms with Gasteiger partial charge in [-0.2, -0.15) is 4.98 Å². The van der Waals surface area contributed by atoms with Crippen LogP contribution in [0.3, 0.4) is 0 Å². The summed E-state index contributed by atoms with van der Waals surface area (Å²) in [5, 5.41) is 16.8. The highest BCUT2D eigenvalue weighted by Gasteiger charge is 2.41. The molecule has 0 saturated carbocycles. The summed E-state index contributed by atoms with van der Waals surface area (Å²) in [6, 6.07) is 6.70. The number of aromatic nitrogens is 3. The van der Waals surface area contributed by atoms with Crippen molar-refractivity contribution in [3.63, 3.8) is 0 Å². The number of fused-ring (bicyclic) bond motifs is 4. The van der Waals surface area contributed by atoms with Crippen LogP contribution in [0.4, 0.5) is 0 Å². The van der Waals surface area contributed by atoms with Gasteiger partial charge in [-0.3, -0.25) is 19.0 Å². The number of piperidine rings is 1. The zero-order chi connectivity index (χ0) is 23.4. The van der Waals surface area contributed by atoms with Crippen molar-refractivity contribution in [2.24, 2.45) is 5.92 Å². The van der Waals surface area contributed by atoms with Gasteiger partial charge >= 0.3 is 5.69 Å². The first-order valence-electron chi connectivity index (χ1n) is 10.5. The van der Waals surface area contributed by atoms with Gasteiger partial charge in [0.2, 0.25) is 5.91 Å². The van der Waals surface area contributed by atoms with Crippen molar-refractivity contribution in [2.75, 3.05) is 19.7 Å². The van der Waals surface area contributed by atoms with E-state index >= 15 is 0 Å². The van der Waals surface area contributed by atoms with Gasteiger partial charge in [-0.15, -0.1) is 0 Å². The third-order valence-electron chi connectivity index (χ3n) is 6.23. The molecule has 0 aromatic carbocycles. The van der Waals surface area contributed by atoms with Crippen molar-refractivity contribution >= 4 is 12.4 Å². The fourth-order valence-electron chi connectivity index (χ4n) is 4.89. The molecule has 32 heavy (non-hydrogen) atoms. The number of pyridine rings is 1. The van der Waals surface area contributed by atoms with Crippen molar-refractivity contribution in [1.29, 1.82) is 0 Å². The number of aliphatic hydroxyl groups excluding tert-OH is 1. The Bertz CT molecular complexity index is 1110. The van der Waals surface area contributed by atoms with Gasteiger partial charge in [0.1, 0.15) is 0 Å². The Morgan fingerprint density at radius 1 is 1.25 bits per heavy atom. The summed E-state index contributed by atoms with van der Waals surface area (Å²) >= 11 is 0. The van der Waals surface area contributed by atoms with E-state index in [-0.39, 0.29) is 54.5 Å². The highest BCUT2D eigenvalue weighted by Crippen LogP contribution is 2.40. The van der Waals surface area contributed by atoms with Crippen molar-refractivity contribution in [3.8, 4) is 0 Å². The molecule has 10 nitrogen and oxygen atoms in total. The lowest BCUT2D eigenvalue weighted by atomic mass is 9.78. The summed E-state index contributed by atoms with van der Waals surface area (Å²) in [5.74, 6) is 0.107. The summed E-state index contributed by atoms with van der Waals surface area (Å²) in [6.07, 6.45) is 1.08. The quantitative estimate of drug-likeness (QED) is 0.647. The van der Waals surface area contributed by atoms with Crippen LogP contribution in [0.15, 0.2) is 33.9 Å². The minimum atomic E-state index is -0.334. The van der Waals surface area contributed by atoms with E-state index in [1.54, 1.807) is 17.6 Å². The second kappa shape index (κ2) is 9.90. The number of hydrogen-bond acceptors (Lipinski definition) is 6. The second-order valence-electron chi connectivity index (χ2n) is 8.23. The van der Waals surface area contributed by atoms with Crippen LogP contribution in [0, 0.1) is 19.8 Å². The van der Waals surface area contributed by atoms with Gasteiger partial charge in [0.25, 0.3) is 12.0 Å². The molecular weight excluding hydrogens is 416 g/mol. The Balaban J connectivity index is 0.000000913. The monoisotopic (exact) mass is 444 g/mol. The van der Waals surface area contributed by atoms with Gasteiger partial charge in [0.05, 0.1) is 12.6 Å². The zero-order valence-electron chi connectivity index (χ0n) is 18.2. The average Bonchev–Trinajstić information content (AvgIpc) is 2.74. The van der Waals surface area contributed by atoms with Crippen molar-refractivity contribution in [1.82, 2.24) is 19.0 Å². The number of aryl methyl sites for hydroxylation is 2.